The quantitative estimate of drug-likeness (QED) is 0.675. The highest BCUT2D eigenvalue weighted by Gasteiger charge is 2.36. The minimum Gasteiger partial charge on any atom is -0.314 e. The Balaban J connectivity index is 1.52. The number of hydrogen-bond acceptors (Lipinski definition) is 3. The van der Waals surface area contributed by atoms with Gasteiger partial charge in [0, 0.05) is 51.4 Å². The summed E-state index contributed by atoms with van der Waals surface area (Å²) in [6.07, 6.45) is 4.35. The number of rotatable bonds is 2. The largest absolute Gasteiger partial charge is 0.314 e. The number of nitrogens with zero attached hydrogens (tertiary/aromatic N) is 2. The summed E-state index contributed by atoms with van der Waals surface area (Å²) in [5, 5.41) is 3.43. The van der Waals surface area contributed by atoms with Crippen molar-refractivity contribution >= 4 is 0 Å². The first-order valence-electron chi connectivity index (χ1n) is 6.12. The van der Waals surface area contributed by atoms with Gasteiger partial charge in [-0.05, 0) is 19.3 Å². The molecule has 0 aromatic heterocycles. The second kappa shape index (κ2) is 3.80. The van der Waals surface area contributed by atoms with Crippen molar-refractivity contribution < 1.29 is 0 Å². The van der Waals surface area contributed by atoms with E-state index in [-0.39, 0.29) is 0 Å². The van der Waals surface area contributed by atoms with E-state index >= 15 is 0 Å². The van der Waals surface area contributed by atoms with Crippen LogP contribution in [0.4, 0.5) is 0 Å². The van der Waals surface area contributed by atoms with E-state index in [1.165, 1.54) is 58.5 Å². The van der Waals surface area contributed by atoms with Crippen molar-refractivity contribution in [2.45, 2.75) is 31.3 Å². The summed E-state index contributed by atoms with van der Waals surface area (Å²) in [6, 6.07) is 1.85. The van der Waals surface area contributed by atoms with Gasteiger partial charge < -0.3 is 5.32 Å². The number of likely N-dealkylation sites (tertiary alicyclic amines) is 1. The molecule has 3 aliphatic rings. The maximum Gasteiger partial charge on any atom is 0.0236 e. The van der Waals surface area contributed by atoms with E-state index in [9.17, 15) is 0 Å². The molecule has 0 radical (unpaired) electrons. The summed E-state index contributed by atoms with van der Waals surface area (Å²) in [4.78, 5) is 5.41. The molecule has 80 valence electrons. The van der Waals surface area contributed by atoms with Crippen LogP contribution in [-0.4, -0.2) is 61.2 Å². The Morgan fingerprint density at radius 1 is 0.786 bits per heavy atom. The van der Waals surface area contributed by atoms with Crippen molar-refractivity contribution in [2.24, 2.45) is 0 Å². The summed E-state index contributed by atoms with van der Waals surface area (Å²) in [7, 11) is 0. The number of piperazine rings is 1. The van der Waals surface area contributed by atoms with Crippen molar-refractivity contribution in [2.75, 3.05) is 39.3 Å². The molecule has 3 nitrogen and oxygen atoms in total. The van der Waals surface area contributed by atoms with Gasteiger partial charge in [0.1, 0.15) is 0 Å². The molecule has 0 spiro atoms. The predicted molar refractivity (Wildman–Crippen MR) is 57.4 cm³/mol. The average molecular weight is 195 g/mol. The molecule has 1 saturated carbocycles. The minimum absolute atomic E-state index is 0.873. The molecule has 3 rings (SSSR count). The second-order valence-corrected chi connectivity index (χ2v) is 4.95. The predicted octanol–water partition coefficient (Wildman–Crippen LogP) is 0.128. The van der Waals surface area contributed by atoms with Gasteiger partial charge in [0.25, 0.3) is 0 Å². The van der Waals surface area contributed by atoms with E-state index in [4.69, 9.17) is 0 Å². The zero-order valence-electron chi connectivity index (χ0n) is 8.91. The fourth-order valence-electron chi connectivity index (χ4n) is 2.88. The van der Waals surface area contributed by atoms with Crippen molar-refractivity contribution in [3.8, 4) is 0 Å². The van der Waals surface area contributed by atoms with Crippen LogP contribution in [-0.2, 0) is 0 Å². The van der Waals surface area contributed by atoms with Gasteiger partial charge in [-0.25, -0.2) is 0 Å². The third-order valence-corrected chi connectivity index (χ3v) is 3.93. The lowest BCUT2D eigenvalue weighted by Gasteiger charge is -2.32. The summed E-state index contributed by atoms with van der Waals surface area (Å²) in [6.45, 7) is 7.64. The molecular weight excluding hydrogens is 174 g/mol. The van der Waals surface area contributed by atoms with Gasteiger partial charge in [0.15, 0.2) is 0 Å². The highest BCUT2D eigenvalue weighted by Crippen LogP contribution is 2.31. The van der Waals surface area contributed by atoms with Crippen LogP contribution < -0.4 is 5.32 Å². The molecular formula is C11H21N3. The zero-order valence-corrected chi connectivity index (χ0v) is 8.91. The fourth-order valence-corrected chi connectivity index (χ4v) is 2.88. The zero-order chi connectivity index (χ0) is 9.38. The molecule has 0 bridgehead atoms. The molecule has 0 aromatic carbocycles. The molecule has 1 atom stereocenters. The topological polar surface area (TPSA) is 18.5 Å². The normalized spacial score (nSPS) is 36.4. The molecule has 2 aliphatic heterocycles. The van der Waals surface area contributed by atoms with Gasteiger partial charge in [-0.15, -0.1) is 0 Å². The van der Waals surface area contributed by atoms with Crippen LogP contribution in [0.2, 0.25) is 0 Å². The minimum atomic E-state index is 0.873. The highest BCUT2D eigenvalue weighted by atomic mass is 15.3. The average Bonchev–Trinajstić information content (AvgIpc) is 2.98. The molecule has 0 amide bonds. The monoisotopic (exact) mass is 195 g/mol. The SMILES string of the molecule is C1CN(C2CCN(C3CC3)C2)CCN1. The van der Waals surface area contributed by atoms with Crippen molar-refractivity contribution in [3.05, 3.63) is 0 Å². The van der Waals surface area contributed by atoms with Gasteiger partial charge in [0.05, 0.1) is 0 Å². The van der Waals surface area contributed by atoms with E-state index < -0.39 is 0 Å². The molecule has 2 saturated heterocycles. The lowest BCUT2D eigenvalue weighted by Crippen LogP contribution is -2.49. The summed E-state index contributed by atoms with van der Waals surface area (Å²) in [5.74, 6) is 0. The Hall–Kier alpha value is -0.120. The molecule has 3 heteroatoms. The van der Waals surface area contributed by atoms with Gasteiger partial charge >= 0.3 is 0 Å². The first-order chi connectivity index (χ1) is 6.93. The Kier molecular flexibility index (Phi) is 2.48. The first-order valence-corrected chi connectivity index (χ1v) is 6.12. The maximum absolute atomic E-state index is 3.43. The number of hydrogen-bond donors (Lipinski definition) is 1. The van der Waals surface area contributed by atoms with Gasteiger partial charge in [-0.2, -0.15) is 0 Å². The standard InChI is InChI=1S/C11H21N3/c1-2-10(1)14-6-3-11(9-14)13-7-4-12-5-8-13/h10-12H,1-9H2. The fraction of sp³-hybridized carbons (Fsp3) is 1.00. The Morgan fingerprint density at radius 2 is 1.57 bits per heavy atom. The molecule has 1 aliphatic carbocycles. The second-order valence-electron chi connectivity index (χ2n) is 4.95. The lowest BCUT2D eigenvalue weighted by molar-refractivity contribution is 0.170. The third kappa shape index (κ3) is 1.81. The maximum atomic E-state index is 3.43. The molecule has 0 aromatic rings. The van der Waals surface area contributed by atoms with Crippen LogP contribution in [0.15, 0.2) is 0 Å². The van der Waals surface area contributed by atoms with Gasteiger partial charge in [0.2, 0.25) is 0 Å². The van der Waals surface area contributed by atoms with Gasteiger partial charge in [-0.1, -0.05) is 0 Å². The summed E-state index contributed by atoms with van der Waals surface area (Å²) >= 11 is 0. The van der Waals surface area contributed by atoms with Crippen molar-refractivity contribution in [3.63, 3.8) is 0 Å². The Labute approximate surface area is 86.4 Å². The van der Waals surface area contributed by atoms with E-state index in [1.807, 2.05) is 0 Å². The number of nitrogens with one attached hydrogen (secondary N) is 1. The van der Waals surface area contributed by atoms with Crippen LogP contribution in [0.3, 0.4) is 0 Å². The summed E-state index contributed by atoms with van der Waals surface area (Å²) < 4.78 is 0. The molecule has 3 fully saturated rings. The lowest BCUT2D eigenvalue weighted by atomic mass is 10.2. The Bertz CT molecular complexity index is 197. The van der Waals surface area contributed by atoms with Crippen LogP contribution >= 0.6 is 0 Å². The molecule has 1 unspecified atom stereocenters. The summed E-state index contributed by atoms with van der Waals surface area (Å²) in [5.41, 5.74) is 0. The molecule has 2 heterocycles. The van der Waals surface area contributed by atoms with Crippen LogP contribution in [0.25, 0.3) is 0 Å². The van der Waals surface area contributed by atoms with E-state index in [1.54, 1.807) is 0 Å². The van der Waals surface area contributed by atoms with Crippen molar-refractivity contribution in [1.82, 2.24) is 15.1 Å². The van der Waals surface area contributed by atoms with E-state index in [2.05, 4.69) is 15.1 Å². The van der Waals surface area contributed by atoms with Gasteiger partial charge in [-0.3, -0.25) is 9.80 Å². The van der Waals surface area contributed by atoms with Crippen LogP contribution in [0.5, 0.6) is 0 Å². The van der Waals surface area contributed by atoms with Crippen LogP contribution in [0, 0.1) is 0 Å². The van der Waals surface area contributed by atoms with Crippen molar-refractivity contribution in [1.29, 1.82) is 0 Å². The molecule has 14 heavy (non-hydrogen) atoms. The molecule has 1 N–H and O–H groups in total. The smallest absolute Gasteiger partial charge is 0.0236 e. The van der Waals surface area contributed by atoms with Crippen LogP contribution in [0.1, 0.15) is 19.3 Å². The Morgan fingerprint density at radius 3 is 2.29 bits per heavy atom. The van der Waals surface area contributed by atoms with E-state index in [0.29, 0.717) is 0 Å². The first kappa shape index (κ1) is 9.13. The van der Waals surface area contributed by atoms with E-state index in [0.717, 1.165) is 12.1 Å². The highest BCUT2D eigenvalue weighted by molar-refractivity contribution is 4.93. The third-order valence-electron chi connectivity index (χ3n) is 3.93.